The molecule has 0 aromatic heterocycles. The van der Waals surface area contributed by atoms with Gasteiger partial charge in [-0.05, 0) is 0 Å². The predicted molar refractivity (Wildman–Crippen MR) is 126 cm³/mol. The normalized spacial score (nSPS) is 14.6. The first kappa shape index (κ1) is 27.3. The number of aliphatic carboxylic acids is 1. The first-order chi connectivity index (χ1) is 15.8. The summed E-state index contributed by atoms with van der Waals surface area (Å²) >= 11 is -2.82. The van der Waals surface area contributed by atoms with Crippen molar-refractivity contribution in [2.75, 3.05) is 6.54 Å². The Kier molecular flexibility index (Phi) is 9.19. The molecule has 0 unspecified atom stereocenters. The van der Waals surface area contributed by atoms with Crippen LogP contribution in [-0.4, -0.2) is 70.6 Å². The number of nitrogens with zero attached hydrogens (tertiary/aromatic N) is 2. The molecular formula is C22H30N4O7Sn. The number of carboxylic acids is 1. The molecule has 1 fully saturated rings. The van der Waals surface area contributed by atoms with Crippen LogP contribution in [0, 0.1) is 5.92 Å². The van der Waals surface area contributed by atoms with Crippen LogP contribution in [0.15, 0.2) is 23.2 Å². The zero-order valence-electron chi connectivity index (χ0n) is 19.5. The van der Waals surface area contributed by atoms with E-state index in [2.05, 4.69) is 19.8 Å². The van der Waals surface area contributed by atoms with Gasteiger partial charge in [-0.1, -0.05) is 0 Å². The molecule has 0 saturated carbocycles. The maximum absolute atomic E-state index is 13.0. The number of imide groups is 1. The van der Waals surface area contributed by atoms with E-state index in [9.17, 15) is 29.1 Å². The van der Waals surface area contributed by atoms with E-state index in [1.807, 2.05) is 0 Å². The molecule has 5 N–H and O–H groups in total. The number of carbonyl (C=O) groups excluding carboxylic acids is 4. The first-order valence-electron chi connectivity index (χ1n) is 10.8. The van der Waals surface area contributed by atoms with Crippen LogP contribution in [0.1, 0.15) is 52.8 Å². The van der Waals surface area contributed by atoms with Crippen LogP contribution in [0.4, 0.5) is 0 Å². The topological polar surface area (TPSA) is 182 Å². The van der Waals surface area contributed by atoms with Crippen LogP contribution in [-0.2, 0) is 19.2 Å². The summed E-state index contributed by atoms with van der Waals surface area (Å²) in [6.07, 6.45) is 0.250. The van der Waals surface area contributed by atoms with Gasteiger partial charge < -0.3 is 0 Å². The van der Waals surface area contributed by atoms with Crippen molar-refractivity contribution >= 4 is 57.5 Å². The Morgan fingerprint density at radius 2 is 1.68 bits per heavy atom. The van der Waals surface area contributed by atoms with E-state index in [4.69, 9.17) is 16.3 Å². The molecule has 1 saturated heterocycles. The fraction of sp³-hybridized carbons (Fsp3) is 0.455. The van der Waals surface area contributed by atoms with Crippen LogP contribution in [0.2, 0.25) is 14.8 Å². The predicted octanol–water partition coefficient (Wildman–Crippen LogP) is 0.780. The number of nitrogens with two attached hydrogens (primary N) is 2. The zero-order chi connectivity index (χ0) is 25.6. The number of carboxylic acid groups (broad SMARTS) is 1. The van der Waals surface area contributed by atoms with Gasteiger partial charge in [0.2, 0.25) is 0 Å². The Bertz CT molecular complexity index is 1010. The molecule has 11 nitrogen and oxygen atoms in total. The summed E-state index contributed by atoms with van der Waals surface area (Å²) in [5, 5.41) is 10.00. The molecule has 2 amide bonds. The van der Waals surface area contributed by atoms with E-state index in [0.717, 1.165) is 3.58 Å². The molecule has 1 aromatic rings. The van der Waals surface area contributed by atoms with Crippen molar-refractivity contribution in [2.24, 2.45) is 22.4 Å². The molecule has 0 aliphatic carbocycles. The summed E-state index contributed by atoms with van der Waals surface area (Å²) < 4.78 is 0.839. The number of hydrogen-bond donors (Lipinski definition) is 3. The minimum atomic E-state index is -2.82. The van der Waals surface area contributed by atoms with Crippen molar-refractivity contribution in [2.45, 2.75) is 46.9 Å². The summed E-state index contributed by atoms with van der Waals surface area (Å²) in [4.78, 5) is 76.1. The summed E-state index contributed by atoms with van der Waals surface area (Å²) in [7, 11) is 0. The van der Waals surface area contributed by atoms with E-state index in [-0.39, 0.29) is 49.3 Å². The number of hydroxylamine groups is 2. The summed E-state index contributed by atoms with van der Waals surface area (Å²) in [6.45, 7) is 0.248. The molecule has 1 heterocycles. The van der Waals surface area contributed by atoms with Crippen molar-refractivity contribution in [3.05, 3.63) is 29.3 Å². The molecular weight excluding hydrogens is 551 g/mol. The third-order valence-electron chi connectivity index (χ3n) is 5.32. The van der Waals surface area contributed by atoms with E-state index in [1.165, 1.54) is 6.07 Å². The Balaban J connectivity index is 2.27. The third-order valence-corrected chi connectivity index (χ3v) is 11.1. The number of Topliss-reactive ketones (excluding diaryl/α,β-unsaturated/α-hetero) is 1. The van der Waals surface area contributed by atoms with Gasteiger partial charge in [-0.25, -0.2) is 0 Å². The Hall–Kier alpha value is -2.96. The average molecular weight is 581 g/mol. The van der Waals surface area contributed by atoms with Gasteiger partial charge in [0.05, 0.1) is 0 Å². The Labute approximate surface area is 201 Å². The maximum atomic E-state index is 13.0. The molecule has 2 rings (SSSR count). The molecule has 1 aromatic carbocycles. The molecule has 34 heavy (non-hydrogen) atoms. The van der Waals surface area contributed by atoms with Gasteiger partial charge in [0.15, 0.2) is 0 Å². The number of rotatable bonds is 11. The van der Waals surface area contributed by atoms with Gasteiger partial charge in [0, 0.05) is 0 Å². The molecule has 0 radical (unpaired) electrons. The number of carbonyl (C=O) groups is 5. The summed E-state index contributed by atoms with van der Waals surface area (Å²) in [5.74, 6) is -4.73. The van der Waals surface area contributed by atoms with Gasteiger partial charge >= 0.3 is 202 Å². The first-order valence-corrected chi connectivity index (χ1v) is 20.8. The summed E-state index contributed by atoms with van der Waals surface area (Å²) in [5.41, 5.74) is 10.7. The van der Waals surface area contributed by atoms with Crippen molar-refractivity contribution in [3.8, 4) is 0 Å². The number of ketones is 1. The van der Waals surface area contributed by atoms with Crippen molar-refractivity contribution < 1.29 is 33.9 Å². The third kappa shape index (κ3) is 7.54. The molecule has 1 aliphatic heterocycles. The van der Waals surface area contributed by atoms with Crippen molar-refractivity contribution in [3.63, 3.8) is 0 Å². The fourth-order valence-corrected chi connectivity index (χ4v) is 6.69. The zero-order valence-corrected chi connectivity index (χ0v) is 22.4. The minimum absolute atomic E-state index is 0.0274. The number of benzene rings is 1. The van der Waals surface area contributed by atoms with Gasteiger partial charge in [0.25, 0.3) is 0 Å². The molecule has 0 bridgehead atoms. The van der Waals surface area contributed by atoms with Crippen LogP contribution in [0.3, 0.4) is 0 Å². The molecule has 184 valence electrons. The fourth-order valence-electron chi connectivity index (χ4n) is 3.33. The van der Waals surface area contributed by atoms with Crippen molar-refractivity contribution in [1.82, 2.24) is 5.06 Å². The van der Waals surface area contributed by atoms with Crippen LogP contribution < -0.4 is 15.0 Å². The second-order valence-corrected chi connectivity index (χ2v) is 23.6. The number of aliphatic imine (C=N–C) groups is 1. The number of hydrogen-bond acceptors (Lipinski definition) is 7. The number of amides is 2. The van der Waals surface area contributed by atoms with Crippen molar-refractivity contribution in [1.29, 1.82) is 0 Å². The van der Waals surface area contributed by atoms with Gasteiger partial charge in [-0.15, -0.1) is 0 Å². The van der Waals surface area contributed by atoms with Gasteiger partial charge in [-0.2, -0.15) is 0 Å². The SMILES string of the molecule is [CH3][Sn]([CH3])([CH3])[c]1cc(C(=O)C[C@@H](CCCN=C(N)N)C(=O)O)cc(C(=O)ON2C(=O)CCC2=O)c1. The summed E-state index contributed by atoms with van der Waals surface area (Å²) in [6, 6.07) is 4.62. The number of guanidine groups is 1. The van der Waals surface area contributed by atoms with Crippen LogP contribution >= 0.6 is 0 Å². The second-order valence-electron chi connectivity index (χ2n) is 9.12. The second kappa shape index (κ2) is 11.4. The van der Waals surface area contributed by atoms with Crippen LogP contribution in [0.25, 0.3) is 0 Å². The Morgan fingerprint density at radius 3 is 2.21 bits per heavy atom. The molecule has 0 spiro atoms. The van der Waals surface area contributed by atoms with E-state index in [1.54, 1.807) is 12.1 Å². The van der Waals surface area contributed by atoms with E-state index < -0.39 is 53.8 Å². The Morgan fingerprint density at radius 1 is 1.09 bits per heavy atom. The molecule has 12 heteroatoms. The van der Waals surface area contributed by atoms with E-state index in [0.29, 0.717) is 11.5 Å². The quantitative estimate of drug-likeness (QED) is 0.0850. The average Bonchev–Trinajstić information content (AvgIpc) is 3.06. The van der Waals surface area contributed by atoms with Gasteiger partial charge in [-0.3, -0.25) is 0 Å². The monoisotopic (exact) mass is 582 g/mol. The molecule has 1 aliphatic rings. The molecule has 1 atom stereocenters. The van der Waals surface area contributed by atoms with Gasteiger partial charge in [0.1, 0.15) is 0 Å². The standard InChI is InChI=1S/C19H21N4O7.3CH3.Sn/c20-19(21)22-8-2-5-12(17(27)28)10-14(24)11-3-1-4-13(9-11)18(29)30-23-15(25)6-7-16(23)26;;;;/h3-4,9,12H,2,5-8,10H2,(H,27,28)(H4,20,21,22);3*1H3;/t12-;;;;/m1..../s1. The van der Waals surface area contributed by atoms with E-state index >= 15 is 0 Å². The van der Waals surface area contributed by atoms with Crippen LogP contribution in [0.5, 0.6) is 0 Å².